The first-order valence-electron chi connectivity index (χ1n) is 7.58. The van der Waals surface area contributed by atoms with Gasteiger partial charge in [0.1, 0.15) is 5.75 Å². The van der Waals surface area contributed by atoms with Gasteiger partial charge in [-0.3, -0.25) is 4.79 Å². The predicted octanol–water partition coefficient (Wildman–Crippen LogP) is 3.55. The molecule has 126 valence electrons. The summed E-state index contributed by atoms with van der Waals surface area (Å²) in [5.74, 6) is -0.704. The second-order valence-electron chi connectivity index (χ2n) is 5.57. The Hall–Kier alpha value is -2.30. The third kappa shape index (κ3) is 5.13. The van der Waals surface area contributed by atoms with Gasteiger partial charge in [-0.05, 0) is 54.7 Å². The summed E-state index contributed by atoms with van der Waals surface area (Å²) < 4.78 is 10.3. The molecule has 0 fully saturated rings. The molecule has 0 spiro atoms. The minimum atomic E-state index is -1.07. The van der Waals surface area contributed by atoms with Gasteiger partial charge in [0.25, 0.3) is 0 Å². The lowest BCUT2D eigenvalue weighted by molar-refractivity contribution is -0.142. The van der Waals surface area contributed by atoms with Gasteiger partial charge in [0.05, 0.1) is 20.1 Å². The van der Waals surface area contributed by atoms with Crippen LogP contribution in [0, 0.1) is 6.92 Å². The molecule has 1 rings (SSSR count). The third-order valence-corrected chi connectivity index (χ3v) is 3.43. The van der Waals surface area contributed by atoms with Gasteiger partial charge in [0, 0.05) is 5.57 Å². The van der Waals surface area contributed by atoms with Crippen molar-refractivity contribution in [2.45, 2.75) is 40.0 Å². The molecule has 0 aromatic heterocycles. The van der Waals surface area contributed by atoms with Crippen LogP contribution in [0.3, 0.4) is 0 Å². The number of rotatable bonds is 7. The molecule has 1 aromatic carbocycles. The Labute approximate surface area is 136 Å². The molecule has 0 saturated carbocycles. The number of methoxy groups -OCH3 is 1. The van der Waals surface area contributed by atoms with E-state index in [2.05, 4.69) is 0 Å². The second-order valence-corrected chi connectivity index (χ2v) is 5.57. The zero-order valence-electron chi connectivity index (χ0n) is 14.3. The highest BCUT2D eigenvalue weighted by molar-refractivity contribution is 5.98. The van der Waals surface area contributed by atoms with Crippen LogP contribution >= 0.6 is 0 Å². The molecule has 5 heteroatoms. The molecule has 0 saturated heterocycles. The van der Waals surface area contributed by atoms with E-state index in [1.165, 1.54) is 0 Å². The van der Waals surface area contributed by atoms with E-state index in [0.717, 1.165) is 22.4 Å². The first-order chi connectivity index (χ1) is 10.8. The van der Waals surface area contributed by atoms with Crippen molar-refractivity contribution in [3.63, 3.8) is 0 Å². The first kappa shape index (κ1) is 18.7. The molecule has 0 unspecified atom stereocenters. The topological polar surface area (TPSA) is 72.8 Å². The van der Waals surface area contributed by atoms with Crippen molar-refractivity contribution in [2.24, 2.45) is 0 Å². The fourth-order valence-electron chi connectivity index (χ4n) is 2.33. The van der Waals surface area contributed by atoms with E-state index >= 15 is 0 Å². The van der Waals surface area contributed by atoms with Crippen molar-refractivity contribution in [3.05, 3.63) is 34.4 Å². The zero-order chi connectivity index (χ0) is 17.6. The Morgan fingerprint density at radius 3 is 2.43 bits per heavy atom. The number of benzene rings is 1. The normalized spacial score (nSPS) is 11.5. The Kier molecular flexibility index (Phi) is 6.82. The quantitative estimate of drug-likeness (QED) is 0.614. The summed E-state index contributed by atoms with van der Waals surface area (Å²) in [4.78, 5) is 23.0. The van der Waals surface area contributed by atoms with Crippen LogP contribution < -0.4 is 4.74 Å². The molecule has 0 bridgehead atoms. The summed E-state index contributed by atoms with van der Waals surface area (Å²) in [7, 11) is 1.61. The van der Waals surface area contributed by atoms with Gasteiger partial charge >= 0.3 is 11.9 Å². The number of carboxylic acid groups (broad SMARTS) is 1. The zero-order valence-corrected chi connectivity index (χ0v) is 14.3. The van der Waals surface area contributed by atoms with Gasteiger partial charge in [0.2, 0.25) is 0 Å². The molecule has 0 radical (unpaired) electrons. The van der Waals surface area contributed by atoms with Crippen molar-refractivity contribution in [2.75, 3.05) is 13.7 Å². The lowest BCUT2D eigenvalue weighted by Crippen LogP contribution is -2.11. The maximum absolute atomic E-state index is 12.0. The molecule has 0 amide bonds. The fraction of sp³-hybridized carbons (Fsp3) is 0.444. The predicted molar refractivity (Wildman–Crippen MR) is 88.7 cm³/mol. The van der Waals surface area contributed by atoms with Gasteiger partial charge in [0.15, 0.2) is 0 Å². The SMILES string of the molecule is CCOC(=O)/C(=C/c1cc(C)c(OC)cc1C(C)C)CC(=O)O. The van der Waals surface area contributed by atoms with Crippen molar-refractivity contribution in [3.8, 4) is 5.75 Å². The molecule has 1 aromatic rings. The fourth-order valence-corrected chi connectivity index (χ4v) is 2.33. The Morgan fingerprint density at radius 2 is 1.96 bits per heavy atom. The molecule has 1 N–H and O–H groups in total. The van der Waals surface area contributed by atoms with Gasteiger partial charge in [-0.1, -0.05) is 13.8 Å². The van der Waals surface area contributed by atoms with Crippen molar-refractivity contribution < 1.29 is 24.2 Å². The highest BCUT2D eigenvalue weighted by atomic mass is 16.5. The summed E-state index contributed by atoms with van der Waals surface area (Å²) in [6.07, 6.45) is 1.23. The van der Waals surface area contributed by atoms with Crippen LogP contribution in [0.5, 0.6) is 5.75 Å². The van der Waals surface area contributed by atoms with E-state index in [4.69, 9.17) is 14.6 Å². The lowest BCUT2D eigenvalue weighted by Gasteiger charge is -2.15. The molecular formula is C18H24O5. The summed E-state index contributed by atoms with van der Waals surface area (Å²) in [5, 5.41) is 9.03. The summed E-state index contributed by atoms with van der Waals surface area (Å²) in [5.41, 5.74) is 2.84. The Morgan fingerprint density at radius 1 is 1.30 bits per heavy atom. The smallest absolute Gasteiger partial charge is 0.334 e. The van der Waals surface area contributed by atoms with E-state index in [1.807, 2.05) is 32.9 Å². The van der Waals surface area contributed by atoms with Crippen LogP contribution in [-0.4, -0.2) is 30.8 Å². The van der Waals surface area contributed by atoms with E-state index in [0.29, 0.717) is 0 Å². The van der Waals surface area contributed by atoms with Crippen LogP contribution in [-0.2, 0) is 14.3 Å². The number of carboxylic acids is 1. The minimum absolute atomic E-state index is 0.130. The van der Waals surface area contributed by atoms with Gasteiger partial charge in [-0.15, -0.1) is 0 Å². The van der Waals surface area contributed by atoms with E-state index < -0.39 is 11.9 Å². The highest BCUT2D eigenvalue weighted by Gasteiger charge is 2.17. The molecule has 0 heterocycles. The van der Waals surface area contributed by atoms with E-state index in [-0.39, 0.29) is 24.5 Å². The van der Waals surface area contributed by atoms with E-state index in [9.17, 15) is 9.59 Å². The monoisotopic (exact) mass is 320 g/mol. The summed E-state index contributed by atoms with van der Waals surface area (Å²) in [6.45, 7) is 7.86. The van der Waals surface area contributed by atoms with E-state index in [1.54, 1.807) is 20.1 Å². The highest BCUT2D eigenvalue weighted by Crippen LogP contribution is 2.30. The number of esters is 1. The van der Waals surface area contributed by atoms with Gasteiger partial charge in [-0.25, -0.2) is 4.79 Å². The standard InChI is InChI=1S/C18H24O5/c1-6-23-18(21)14(9-17(19)20)8-13-7-12(4)16(22-5)10-15(13)11(2)3/h7-8,10-11H,6,9H2,1-5H3,(H,19,20)/b14-8+. The Bertz CT molecular complexity index is 614. The summed E-state index contributed by atoms with van der Waals surface area (Å²) in [6, 6.07) is 3.82. The van der Waals surface area contributed by atoms with Gasteiger partial charge in [-0.2, -0.15) is 0 Å². The molecule has 5 nitrogen and oxygen atoms in total. The second kappa shape index (κ2) is 8.36. The number of aryl methyl sites for hydroxylation is 1. The van der Waals surface area contributed by atoms with Crippen LogP contribution in [0.2, 0.25) is 0 Å². The third-order valence-electron chi connectivity index (χ3n) is 3.43. The van der Waals surface area contributed by atoms with Crippen LogP contribution in [0.15, 0.2) is 17.7 Å². The Balaban J connectivity index is 3.41. The van der Waals surface area contributed by atoms with Crippen LogP contribution in [0.4, 0.5) is 0 Å². The molecular weight excluding hydrogens is 296 g/mol. The molecule has 0 aliphatic heterocycles. The maximum atomic E-state index is 12.0. The number of hydrogen-bond acceptors (Lipinski definition) is 4. The number of carbonyl (C=O) groups is 2. The maximum Gasteiger partial charge on any atom is 0.334 e. The largest absolute Gasteiger partial charge is 0.496 e. The summed E-state index contributed by atoms with van der Waals surface area (Å²) >= 11 is 0. The minimum Gasteiger partial charge on any atom is -0.496 e. The molecule has 0 atom stereocenters. The van der Waals surface area contributed by atoms with Crippen molar-refractivity contribution in [1.29, 1.82) is 0 Å². The lowest BCUT2D eigenvalue weighted by atomic mass is 9.93. The average molecular weight is 320 g/mol. The van der Waals surface area contributed by atoms with Crippen molar-refractivity contribution >= 4 is 18.0 Å². The number of ether oxygens (including phenoxy) is 2. The van der Waals surface area contributed by atoms with Crippen LogP contribution in [0.1, 0.15) is 49.8 Å². The first-order valence-corrected chi connectivity index (χ1v) is 7.58. The molecule has 23 heavy (non-hydrogen) atoms. The number of aliphatic carboxylic acids is 1. The van der Waals surface area contributed by atoms with Gasteiger partial charge < -0.3 is 14.6 Å². The number of carbonyl (C=O) groups excluding carboxylic acids is 1. The molecule has 0 aliphatic carbocycles. The number of hydrogen-bond donors (Lipinski definition) is 1. The molecule has 0 aliphatic rings. The van der Waals surface area contributed by atoms with Crippen LogP contribution in [0.25, 0.3) is 6.08 Å². The van der Waals surface area contributed by atoms with Crippen molar-refractivity contribution in [1.82, 2.24) is 0 Å². The average Bonchev–Trinajstić information content (AvgIpc) is 2.46.